The van der Waals surface area contributed by atoms with Crippen molar-refractivity contribution in [1.82, 2.24) is 0 Å². The summed E-state index contributed by atoms with van der Waals surface area (Å²) in [4.78, 5) is 0. The molecule has 0 unspecified atom stereocenters. The van der Waals surface area contributed by atoms with Gasteiger partial charge in [-0.3, -0.25) is 0 Å². The Morgan fingerprint density at radius 1 is 1.29 bits per heavy atom. The lowest BCUT2D eigenvalue weighted by Gasteiger charge is -2.05. The highest BCUT2D eigenvalue weighted by atomic mass is 32.2. The first-order chi connectivity index (χ1) is 7.55. The Morgan fingerprint density at radius 3 is 2.24 bits per heavy atom. The standard InChI is InChI=1S/C7H4F5NO2S2/c8-4(5(9)7(10,11)12)3-1-2-16-6(3)17(13,14)15/h1-2H,(H2,13,14,15). The molecule has 0 aromatic carbocycles. The fraction of sp³-hybridized carbons (Fsp3) is 0.143. The normalized spacial score (nSPS) is 14.7. The van der Waals surface area contributed by atoms with Crippen LogP contribution in [0.3, 0.4) is 0 Å². The van der Waals surface area contributed by atoms with Gasteiger partial charge >= 0.3 is 6.18 Å². The first-order valence-electron chi connectivity index (χ1n) is 3.78. The predicted molar refractivity (Wildman–Crippen MR) is 50.9 cm³/mol. The summed E-state index contributed by atoms with van der Waals surface area (Å²) in [5.41, 5.74) is -1.03. The van der Waals surface area contributed by atoms with E-state index in [0.717, 1.165) is 5.38 Å². The van der Waals surface area contributed by atoms with E-state index in [0.29, 0.717) is 17.4 Å². The van der Waals surface area contributed by atoms with Crippen molar-refractivity contribution in [3.63, 3.8) is 0 Å². The Balaban J connectivity index is 3.43. The van der Waals surface area contributed by atoms with Crippen LogP contribution in [-0.2, 0) is 10.0 Å². The molecular formula is C7H4F5NO2S2. The van der Waals surface area contributed by atoms with Crippen LogP contribution in [0.25, 0.3) is 5.83 Å². The van der Waals surface area contributed by atoms with E-state index in [2.05, 4.69) is 5.14 Å². The van der Waals surface area contributed by atoms with Crippen molar-refractivity contribution in [3.05, 3.63) is 22.8 Å². The minimum absolute atomic E-state index is 0.392. The Hall–Kier alpha value is -1.00. The van der Waals surface area contributed by atoms with Crippen molar-refractivity contribution in [2.75, 3.05) is 0 Å². The third-order valence-corrected chi connectivity index (χ3v) is 3.99. The third kappa shape index (κ3) is 3.01. The van der Waals surface area contributed by atoms with E-state index in [9.17, 15) is 30.4 Å². The Kier molecular flexibility index (Phi) is 3.60. The van der Waals surface area contributed by atoms with E-state index >= 15 is 0 Å². The van der Waals surface area contributed by atoms with Crippen molar-refractivity contribution in [1.29, 1.82) is 0 Å². The fourth-order valence-corrected chi connectivity index (χ4v) is 2.70. The molecule has 2 N–H and O–H groups in total. The van der Waals surface area contributed by atoms with Gasteiger partial charge in [-0.1, -0.05) is 0 Å². The van der Waals surface area contributed by atoms with Crippen LogP contribution in [0.5, 0.6) is 0 Å². The molecule has 0 spiro atoms. The highest BCUT2D eigenvalue weighted by molar-refractivity contribution is 7.91. The van der Waals surface area contributed by atoms with Crippen molar-refractivity contribution >= 4 is 27.2 Å². The van der Waals surface area contributed by atoms with Gasteiger partial charge in [0.2, 0.25) is 15.9 Å². The number of rotatable bonds is 2. The van der Waals surface area contributed by atoms with Gasteiger partial charge in [-0.2, -0.15) is 17.6 Å². The zero-order chi connectivity index (χ0) is 13.4. The lowest BCUT2D eigenvalue weighted by molar-refractivity contribution is -0.108. The van der Waals surface area contributed by atoms with Crippen LogP contribution in [0, 0.1) is 0 Å². The molecule has 0 saturated carbocycles. The van der Waals surface area contributed by atoms with Crippen LogP contribution < -0.4 is 5.14 Å². The number of nitrogens with two attached hydrogens (primary N) is 1. The van der Waals surface area contributed by atoms with Gasteiger partial charge in [0.15, 0.2) is 5.83 Å². The molecule has 0 fully saturated rings. The molecule has 0 saturated heterocycles. The number of hydrogen-bond acceptors (Lipinski definition) is 3. The number of alkyl halides is 3. The van der Waals surface area contributed by atoms with E-state index < -0.39 is 37.6 Å². The van der Waals surface area contributed by atoms with Crippen LogP contribution in [-0.4, -0.2) is 14.6 Å². The van der Waals surface area contributed by atoms with Gasteiger partial charge in [-0.15, -0.1) is 11.3 Å². The lowest BCUT2D eigenvalue weighted by Crippen LogP contribution is -2.13. The van der Waals surface area contributed by atoms with E-state index in [1.807, 2.05) is 0 Å². The molecule has 0 aliphatic heterocycles. The monoisotopic (exact) mass is 293 g/mol. The third-order valence-electron chi connectivity index (χ3n) is 1.57. The fourth-order valence-electron chi connectivity index (χ4n) is 0.921. The second-order valence-corrected chi connectivity index (χ2v) is 5.47. The number of allylic oxidation sites excluding steroid dienone is 1. The van der Waals surface area contributed by atoms with Gasteiger partial charge < -0.3 is 0 Å². The largest absolute Gasteiger partial charge is 0.445 e. The molecule has 0 radical (unpaired) electrons. The van der Waals surface area contributed by atoms with E-state index in [-0.39, 0.29) is 0 Å². The number of sulfonamides is 1. The molecule has 0 aliphatic rings. The predicted octanol–water partition coefficient (Wildman–Crippen LogP) is 2.57. The SMILES string of the molecule is NS(=O)(=O)c1sccc1C(F)=C(F)C(F)(F)F. The summed E-state index contributed by atoms with van der Waals surface area (Å²) in [6, 6.07) is 0.699. The van der Waals surface area contributed by atoms with Crippen molar-refractivity contribution in [2.45, 2.75) is 10.4 Å². The molecule has 1 rings (SSSR count). The second kappa shape index (κ2) is 4.35. The van der Waals surface area contributed by atoms with E-state index in [1.54, 1.807) is 0 Å². The van der Waals surface area contributed by atoms with E-state index in [4.69, 9.17) is 0 Å². The van der Waals surface area contributed by atoms with Crippen LogP contribution in [0.2, 0.25) is 0 Å². The van der Waals surface area contributed by atoms with Crippen molar-refractivity contribution in [3.8, 4) is 0 Å². The number of hydrogen-bond donors (Lipinski definition) is 1. The maximum Gasteiger partial charge on any atom is 0.445 e. The lowest BCUT2D eigenvalue weighted by atomic mass is 10.2. The average Bonchev–Trinajstić information content (AvgIpc) is 2.61. The molecular weight excluding hydrogens is 289 g/mol. The summed E-state index contributed by atoms with van der Waals surface area (Å²) in [5, 5.41) is 5.62. The zero-order valence-corrected chi connectivity index (χ0v) is 9.39. The zero-order valence-electron chi connectivity index (χ0n) is 7.75. The highest BCUT2D eigenvalue weighted by Crippen LogP contribution is 2.37. The van der Waals surface area contributed by atoms with E-state index in [1.165, 1.54) is 0 Å². The Labute approximate surface area is 96.4 Å². The highest BCUT2D eigenvalue weighted by Gasteiger charge is 2.39. The van der Waals surface area contributed by atoms with Crippen LogP contribution >= 0.6 is 11.3 Å². The van der Waals surface area contributed by atoms with Gasteiger partial charge in [-0.25, -0.2) is 17.9 Å². The Morgan fingerprint density at radius 2 is 1.82 bits per heavy atom. The first kappa shape index (κ1) is 14.1. The molecule has 0 amide bonds. The van der Waals surface area contributed by atoms with Gasteiger partial charge in [-0.05, 0) is 11.4 Å². The molecule has 1 heterocycles. The molecule has 0 atom stereocenters. The topological polar surface area (TPSA) is 60.2 Å². The summed E-state index contributed by atoms with van der Waals surface area (Å²) >= 11 is 0.392. The first-order valence-corrected chi connectivity index (χ1v) is 6.21. The summed E-state index contributed by atoms with van der Waals surface area (Å²) in [5.74, 6) is -5.30. The minimum Gasteiger partial charge on any atom is -0.224 e. The van der Waals surface area contributed by atoms with Crippen molar-refractivity contribution < 1.29 is 30.4 Å². The number of primary sulfonamides is 1. The van der Waals surface area contributed by atoms with Crippen molar-refractivity contribution in [2.24, 2.45) is 5.14 Å². The van der Waals surface area contributed by atoms with Gasteiger partial charge in [0.05, 0.1) is 0 Å². The number of thiophene rings is 1. The van der Waals surface area contributed by atoms with Crippen LogP contribution in [0.15, 0.2) is 21.5 Å². The maximum atomic E-state index is 13.1. The second-order valence-electron chi connectivity index (χ2n) is 2.79. The van der Waals surface area contributed by atoms with Crippen LogP contribution in [0.4, 0.5) is 22.0 Å². The Bertz CT molecular complexity index is 557. The maximum absolute atomic E-state index is 13.1. The molecule has 0 bridgehead atoms. The quantitative estimate of drug-likeness (QED) is 0.852. The molecule has 17 heavy (non-hydrogen) atoms. The van der Waals surface area contributed by atoms with Gasteiger partial charge in [0.25, 0.3) is 0 Å². The summed E-state index contributed by atoms with van der Waals surface area (Å²) in [6.45, 7) is 0. The molecule has 3 nitrogen and oxygen atoms in total. The van der Waals surface area contributed by atoms with Gasteiger partial charge in [0.1, 0.15) is 4.21 Å². The number of halogens is 5. The molecule has 96 valence electrons. The molecule has 1 aromatic rings. The van der Waals surface area contributed by atoms with Gasteiger partial charge in [0, 0.05) is 5.56 Å². The molecule has 0 aliphatic carbocycles. The minimum atomic E-state index is -5.53. The summed E-state index contributed by atoms with van der Waals surface area (Å²) in [6.07, 6.45) is -5.53. The summed E-state index contributed by atoms with van der Waals surface area (Å²) < 4.78 is 82.2. The molecule has 10 heteroatoms. The average molecular weight is 293 g/mol. The molecule has 1 aromatic heterocycles. The summed E-state index contributed by atoms with van der Waals surface area (Å²) in [7, 11) is -4.40. The smallest absolute Gasteiger partial charge is 0.224 e. The van der Waals surface area contributed by atoms with Crippen LogP contribution in [0.1, 0.15) is 5.56 Å².